The van der Waals surface area contributed by atoms with Crippen LogP contribution < -0.4 is 0 Å². The first-order chi connectivity index (χ1) is 9.77. The summed E-state index contributed by atoms with van der Waals surface area (Å²) in [5.41, 5.74) is 2.10. The van der Waals surface area contributed by atoms with Crippen LogP contribution in [0.3, 0.4) is 0 Å². The second-order valence-electron chi connectivity index (χ2n) is 4.49. The van der Waals surface area contributed by atoms with Gasteiger partial charge in [0.2, 0.25) is 5.28 Å². The van der Waals surface area contributed by atoms with Crippen LogP contribution in [0.1, 0.15) is 18.5 Å². The topological polar surface area (TPSA) is 43.6 Å². The molecule has 0 aliphatic carbocycles. The van der Waals surface area contributed by atoms with E-state index in [-0.39, 0.29) is 6.04 Å². The van der Waals surface area contributed by atoms with E-state index in [1.165, 1.54) is 0 Å². The fraction of sp³-hybridized carbons (Fsp3) is 0.133. The Morgan fingerprint density at radius 3 is 2.40 bits per heavy atom. The highest BCUT2D eigenvalue weighted by Gasteiger charge is 2.18. The molecule has 0 amide bonds. The maximum absolute atomic E-state index is 6.21. The molecule has 0 aliphatic rings. The van der Waals surface area contributed by atoms with Gasteiger partial charge >= 0.3 is 0 Å². The van der Waals surface area contributed by atoms with E-state index in [2.05, 4.69) is 22.1 Å². The predicted octanol–water partition coefficient (Wildman–Crippen LogP) is 3.60. The van der Waals surface area contributed by atoms with Crippen LogP contribution in [-0.2, 0) is 0 Å². The van der Waals surface area contributed by atoms with Crippen molar-refractivity contribution in [1.82, 2.24) is 19.7 Å². The van der Waals surface area contributed by atoms with Crippen LogP contribution >= 0.6 is 11.6 Å². The zero-order valence-electron chi connectivity index (χ0n) is 10.9. The summed E-state index contributed by atoms with van der Waals surface area (Å²) in [6, 6.07) is 13.9. The van der Waals surface area contributed by atoms with Crippen molar-refractivity contribution in [2.45, 2.75) is 13.0 Å². The highest BCUT2D eigenvalue weighted by atomic mass is 35.5. The lowest BCUT2D eigenvalue weighted by atomic mass is 10.1. The molecule has 5 heteroatoms. The third-order valence-electron chi connectivity index (χ3n) is 3.26. The average Bonchev–Trinajstić information content (AvgIpc) is 2.90. The zero-order chi connectivity index (χ0) is 13.9. The first-order valence-corrected chi connectivity index (χ1v) is 6.71. The third kappa shape index (κ3) is 2.30. The van der Waals surface area contributed by atoms with Crippen LogP contribution in [0.25, 0.3) is 11.4 Å². The van der Waals surface area contributed by atoms with Gasteiger partial charge in [0, 0.05) is 18.0 Å². The molecule has 20 heavy (non-hydrogen) atoms. The highest BCUT2D eigenvalue weighted by molar-refractivity contribution is 6.28. The Labute approximate surface area is 122 Å². The van der Waals surface area contributed by atoms with Crippen molar-refractivity contribution in [3.05, 3.63) is 65.7 Å². The van der Waals surface area contributed by atoms with E-state index in [0.717, 1.165) is 17.0 Å². The Bertz CT molecular complexity index is 694. The summed E-state index contributed by atoms with van der Waals surface area (Å²) < 4.78 is 1.92. The van der Waals surface area contributed by atoms with Gasteiger partial charge in [0.25, 0.3) is 0 Å². The maximum atomic E-state index is 6.21. The molecule has 1 atom stereocenters. The second kappa shape index (κ2) is 5.43. The Hall–Kier alpha value is -2.20. The summed E-state index contributed by atoms with van der Waals surface area (Å²) in [5.74, 6) is 0.764. The lowest BCUT2D eigenvalue weighted by molar-refractivity contribution is 0.643. The lowest BCUT2D eigenvalue weighted by Crippen LogP contribution is -2.09. The number of benzene rings is 1. The van der Waals surface area contributed by atoms with E-state index in [9.17, 15) is 0 Å². The fourth-order valence-corrected chi connectivity index (χ4v) is 2.45. The van der Waals surface area contributed by atoms with Crippen molar-refractivity contribution in [3.63, 3.8) is 0 Å². The number of rotatable bonds is 3. The van der Waals surface area contributed by atoms with Gasteiger partial charge in [-0.2, -0.15) is 0 Å². The van der Waals surface area contributed by atoms with Gasteiger partial charge in [-0.3, -0.25) is 9.55 Å². The summed E-state index contributed by atoms with van der Waals surface area (Å²) >= 11 is 6.21. The molecular weight excluding hydrogens is 272 g/mol. The summed E-state index contributed by atoms with van der Waals surface area (Å²) in [5, 5.41) is 8.58. The van der Waals surface area contributed by atoms with Crippen molar-refractivity contribution in [2.75, 3.05) is 0 Å². The number of nitrogens with zero attached hydrogens (tertiary/aromatic N) is 4. The summed E-state index contributed by atoms with van der Waals surface area (Å²) in [6.07, 6.45) is 3.54. The number of halogens is 1. The first-order valence-electron chi connectivity index (χ1n) is 6.33. The Balaban J connectivity index is 2.08. The average molecular weight is 285 g/mol. The molecule has 0 N–H and O–H groups in total. The molecular formula is C15H13ClN4. The molecule has 3 rings (SSSR count). The Morgan fingerprint density at radius 1 is 1.00 bits per heavy atom. The molecule has 0 saturated carbocycles. The van der Waals surface area contributed by atoms with Gasteiger partial charge in [-0.15, -0.1) is 10.2 Å². The van der Waals surface area contributed by atoms with E-state index >= 15 is 0 Å². The molecule has 4 nitrogen and oxygen atoms in total. The first kappa shape index (κ1) is 12.8. The molecule has 3 aromatic rings. The SMILES string of the molecule is CC(c1ccncc1)n1c(Cl)nnc1-c1ccccc1. The minimum Gasteiger partial charge on any atom is -0.290 e. The minimum absolute atomic E-state index is 0.0377. The normalized spacial score (nSPS) is 12.3. The van der Waals surface area contributed by atoms with E-state index in [4.69, 9.17) is 11.6 Å². The van der Waals surface area contributed by atoms with Gasteiger partial charge in [0.15, 0.2) is 5.82 Å². The third-order valence-corrected chi connectivity index (χ3v) is 3.52. The predicted molar refractivity (Wildman–Crippen MR) is 78.5 cm³/mol. The molecule has 0 saturated heterocycles. The Morgan fingerprint density at radius 2 is 1.70 bits per heavy atom. The van der Waals surface area contributed by atoms with Crippen LogP contribution in [0.15, 0.2) is 54.9 Å². The lowest BCUT2D eigenvalue weighted by Gasteiger charge is -2.16. The summed E-state index contributed by atoms with van der Waals surface area (Å²) in [6.45, 7) is 2.07. The van der Waals surface area contributed by atoms with Crippen molar-refractivity contribution in [1.29, 1.82) is 0 Å². The molecule has 2 aromatic heterocycles. The maximum Gasteiger partial charge on any atom is 0.225 e. The molecule has 2 heterocycles. The van der Waals surface area contributed by atoms with Crippen LogP contribution in [0, 0.1) is 0 Å². The van der Waals surface area contributed by atoms with Crippen LogP contribution in [-0.4, -0.2) is 19.7 Å². The second-order valence-corrected chi connectivity index (χ2v) is 4.82. The molecule has 0 fully saturated rings. The van der Waals surface area contributed by atoms with Gasteiger partial charge in [-0.25, -0.2) is 0 Å². The fourth-order valence-electron chi connectivity index (χ4n) is 2.19. The summed E-state index contributed by atoms with van der Waals surface area (Å²) in [4.78, 5) is 4.04. The van der Waals surface area contributed by atoms with Gasteiger partial charge in [-0.1, -0.05) is 30.3 Å². The molecule has 0 bridgehead atoms. The van der Waals surface area contributed by atoms with E-state index in [0.29, 0.717) is 5.28 Å². The number of hydrogen-bond donors (Lipinski definition) is 0. The van der Waals surface area contributed by atoms with E-state index < -0.39 is 0 Å². The van der Waals surface area contributed by atoms with Crippen LogP contribution in [0.5, 0.6) is 0 Å². The van der Waals surface area contributed by atoms with Gasteiger partial charge in [-0.05, 0) is 36.2 Å². The molecule has 0 radical (unpaired) electrons. The standard InChI is InChI=1S/C15H13ClN4/c1-11(12-7-9-17-10-8-12)20-14(18-19-15(20)16)13-5-3-2-4-6-13/h2-11H,1H3. The molecule has 100 valence electrons. The van der Waals surface area contributed by atoms with E-state index in [1.54, 1.807) is 12.4 Å². The highest BCUT2D eigenvalue weighted by Crippen LogP contribution is 2.28. The van der Waals surface area contributed by atoms with Crippen molar-refractivity contribution >= 4 is 11.6 Å². The Kier molecular flexibility index (Phi) is 3.48. The molecule has 0 aliphatic heterocycles. The zero-order valence-corrected chi connectivity index (χ0v) is 11.7. The van der Waals surface area contributed by atoms with Crippen molar-refractivity contribution in [3.8, 4) is 11.4 Å². The molecule has 1 unspecified atom stereocenters. The number of pyridine rings is 1. The van der Waals surface area contributed by atoms with Gasteiger partial charge < -0.3 is 0 Å². The smallest absolute Gasteiger partial charge is 0.225 e. The molecule has 0 spiro atoms. The van der Waals surface area contributed by atoms with Crippen LogP contribution in [0.4, 0.5) is 0 Å². The van der Waals surface area contributed by atoms with Crippen LogP contribution in [0.2, 0.25) is 5.28 Å². The van der Waals surface area contributed by atoms with Crippen molar-refractivity contribution < 1.29 is 0 Å². The number of hydrogen-bond acceptors (Lipinski definition) is 3. The monoisotopic (exact) mass is 284 g/mol. The van der Waals surface area contributed by atoms with E-state index in [1.807, 2.05) is 47.0 Å². The molecule has 1 aromatic carbocycles. The van der Waals surface area contributed by atoms with Crippen molar-refractivity contribution in [2.24, 2.45) is 0 Å². The van der Waals surface area contributed by atoms with Gasteiger partial charge in [0.05, 0.1) is 6.04 Å². The quantitative estimate of drug-likeness (QED) is 0.738. The number of aromatic nitrogens is 4. The minimum atomic E-state index is 0.0377. The summed E-state index contributed by atoms with van der Waals surface area (Å²) in [7, 11) is 0. The van der Waals surface area contributed by atoms with Gasteiger partial charge in [0.1, 0.15) is 0 Å². The largest absolute Gasteiger partial charge is 0.290 e.